The van der Waals surface area contributed by atoms with E-state index in [2.05, 4.69) is 11.0 Å². The number of hydrogen-bond donors (Lipinski definition) is 1. The lowest BCUT2D eigenvalue weighted by Crippen LogP contribution is -2.25. The molecule has 0 fully saturated rings. The summed E-state index contributed by atoms with van der Waals surface area (Å²) >= 11 is 12.0. The molecule has 0 aromatic heterocycles. The summed E-state index contributed by atoms with van der Waals surface area (Å²) in [6.45, 7) is 2.73. The number of hydrogen-bond acceptors (Lipinski definition) is 3. The second kappa shape index (κ2) is 6.14. The quantitative estimate of drug-likeness (QED) is 0.903. The van der Waals surface area contributed by atoms with E-state index in [4.69, 9.17) is 27.9 Å². The molecule has 1 heterocycles. The van der Waals surface area contributed by atoms with Crippen molar-refractivity contribution in [2.24, 2.45) is 0 Å². The van der Waals surface area contributed by atoms with Gasteiger partial charge in [-0.3, -0.25) is 4.90 Å². The average molecular weight is 324 g/mol. The largest absolute Gasteiger partial charge is 0.506 e. The Hall–Kier alpha value is -1.42. The van der Waals surface area contributed by atoms with Crippen molar-refractivity contribution in [1.82, 2.24) is 4.90 Å². The Balaban J connectivity index is 1.83. The molecule has 2 aromatic carbocycles. The molecule has 1 aliphatic heterocycles. The Morgan fingerprint density at radius 1 is 1.19 bits per heavy atom. The third-order valence-electron chi connectivity index (χ3n) is 3.53. The zero-order valence-electron chi connectivity index (χ0n) is 11.4. The highest BCUT2D eigenvalue weighted by Crippen LogP contribution is 2.33. The van der Waals surface area contributed by atoms with Crippen molar-refractivity contribution in [3.63, 3.8) is 0 Å². The highest BCUT2D eigenvalue weighted by Gasteiger charge is 2.17. The van der Waals surface area contributed by atoms with Crippen LogP contribution in [0.1, 0.15) is 11.1 Å². The molecule has 3 rings (SSSR count). The van der Waals surface area contributed by atoms with E-state index in [9.17, 15) is 5.11 Å². The van der Waals surface area contributed by atoms with Crippen molar-refractivity contribution < 1.29 is 9.84 Å². The SMILES string of the molecule is Oc1c(Cl)cc(Cl)cc1CN1CCOc2ccccc2C1. The van der Waals surface area contributed by atoms with Crippen molar-refractivity contribution in [3.05, 3.63) is 57.6 Å². The Kier molecular flexibility index (Phi) is 4.24. The monoisotopic (exact) mass is 323 g/mol. The number of fused-ring (bicyclic) bond motifs is 1. The first-order chi connectivity index (χ1) is 10.1. The number of halogens is 2. The van der Waals surface area contributed by atoms with Crippen molar-refractivity contribution in [2.75, 3.05) is 13.2 Å². The summed E-state index contributed by atoms with van der Waals surface area (Å²) < 4.78 is 5.74. The molecule has 5 heteroatoms. The molecule has 1 aliphatic rings. The van der Waals surface area contributed by atoms with E-state index in [-0.39, 0.29) is 10.8 Å². The van der Waals surface area contributed by atoms with Crippen LogP contribution < -0.4 is 4.74 Å². The molecule has 0 bridgehead atoms. The smallest absolute Gasteiger partial charge is 0.138 e. The van der Waals surface area contributed by atoms with Crippen LogP contribution in [0.5, 0.6) is 11.5 Å². The van der Waals surface area contributed by atoms with Gasteiger partial charge in [-0.15, -0.1) is 0 Å². The van der Waals surface area contributed by atoms with E-state index in [1.165, 1.54) is 0 Å². The summed E-state index contributed by atoms with van der Waals surface area (Å²) in [5.74, 6) is 1.02. The number of aromatic hydroxyl groups is 1. The van der Waals surface area contributed by atoms with E-state index in [0.29, 0.717) is 18.2 Å². The average Bonchev–Trinajstić information content (AvgIpc) is 2.66. The van der Waals surface area contributed by atoms with Crippen molar-refractivity contribution in [2.45, 2.75) is 13.1 Å². The predicted molar refractivity (Wildman–Crippen MR) is 84.2 cm³/mol. The number of phenols is 1. The highest BCUT2D eigenvalue weighted by molar-refractivity contribution is 6.35. The molecule has 110 valence electrons. The van der Waals surface area contributed by atoms with Crippen LogP contribution in [0.15, 0.2) is 36.4 Å². The third-order valence-corrected chi connectivity index (χ3v) is 4.04. The van der Waals surface area contributed by atoms with Crippen LogP contribution in [0, 0.1) is 0 Å². The minimum absolute atomic E-state index is 0.0968. The molecule has 0 spiro atoms. The lowest BCUT2D eigenvalue weighted by Gasteiger charge is -2.20. The predicted octanol–water partition coefficient (Wildman–Crippen LogP) is 4.09. The van der Waals surface area contributed by atoms with Gasteiger partial charge in [-0.05, 0) is 18.2 Å². The summed E-state index contributed by atoms with van der Waals surface area (Å²) in [5.41, 5.74) is 1.87. The number of phenolic OH excluding ortho intramolecular Hbond substituents is 1. The van der Waals surface area contributed by atoms with E-state index in [1.54, 1.807) is 12.1 Å². The summed E-state index contributed by atoms with van der Waals surface area (Å²) in [7, 11) is 0. The van der Waals surface area contributed by atoms with Crippen LogP contribution in [0.25, 0.3) is 0 Å². The summed E-state index contributed by atoms with van der Waals surface area (Å²) in [4.78, 5) is 2.20. The molecule has 0 radical (unpaired) electrons. The number of rotatable bonds is 2. The van der Waals surface area contributed by atoms with Crippen LogP contribution in [0.3, 0.4) is 0 Å². The number of benzene rings is 2. The van der Waals surface area contributed by atoms with Gasteiger partial charge in [0.15, 0.2) is 0 Å². The van der Waals surface area contributed by atoms with Gasteiger partial charge in [0.05, 0.1) is 5.02 Å². The fraction of sp³-hybridized carbons (Fsp3) is 0.250. The molecule has 0 unspecified atom stereocenters. The zero-order chi connectivity index (χ0) is 14.8. The van der Waals surface area contributed by atoms with Crippen molar-refractivity contribution in [3.8, 4) is 11.5 Å². The Morgan fingerprint density at radius 3 is 2.86 bits per heavy atom. The molecule has 0 amide bonds. The van der Waals surface area contributed by atoms with Gasteiger partial charge in [0, 0.05) is 35.8 Å². The van der Waals surface area contributed by atoms with Gasteiger partial charge < -0.3 is 9.84 Å². The van der Waals surface area contributed by atoms with Gasteiger partial charge in [-0.2, -0.15) is 0 Å². The molecule has 2 aromatic rings. The van der Waals surface area contributed by atoms with Crippen LogP contribution in [-0.4, -0.2) is 23.2 Å². The molecule has 1 N–H and O–H groups in total. The maximum Gasteiger partial charge on any atom is 0.138 e. The standard InChI is InChI=1S/C16H15Cl2NO2/c17-13-7-12(16(20)14(18)8-13)10-19-5-6-21-15-4-2-1-3-11(15)9-19/h1-4,7-8,20H,5-6,9-10H2. The van der Waals surface area contributed by atoms with Crippen LogP contribution >= 0.6 is 23.2 Å². The molecule has 0 saturated heterocycles. The van der Waals surface area contributed by atoms with Gasteiger partial charge in [-0.25, -0.2) is 0 Å². The second-order valence-electron chi connectivity index (χ2n) is 5.06. The third kappa shape index (κ3) is 3.26. The number of nitrogens with zero attached hydrogens (tertiary/aromatic N) is 1. The highest BCUT2D eigenvalue weighted by atomic mass is 35.5. The molecule has 3 nitrogen and oxygen atoms in total. The first-order valence-corrected chi connectivity index (χ1v) is 7.49. The first kappa shape index (κ1) is 14.5. The molecule has 0 saturated carbocycles. The maximum atomic E-state index is 10.1. The van der Waals surface area contributed by atoms with Crippen LogP contribution in [-0.2, 0) is 13.1 Å². The summed E-state index contributed by atoms with van der Waals surface area (Å²) in [6, 6.07) is 11.3. The molecular formula is C16H15Cl2NO2. The molecular weight excluding hydrogens is 309 g/mol. The molecule has 21 heavy (non-hydrogen) atoms. The molecule has 0 aliphatic carbocycles. The second-order valence-corrected chi connectivity index (χ2v) is 5.91. The summed E-state index contributed by atoms with van der Waals surface area (Å²) in [6.07, 6.45) is 0. The van der Waals surface area contributed by atoms with Gasteiger partial charge in [0.25, 0.3) is 0 Å². The van der Waals surface area contributed by atoms with Crippen molar-refractivity contribution >= 4 is 23.2 Å². The first-order valence-electron chi connectivity index (χ1n) is 6.73. The van der Waals surface area contributed by atoms with E-state index >= 15 is 0 Å². The minimum Gasteiger partial charge on any atom is -0.506 e. The Morgan fingerprint density at radius 2 is 2.00 bits per heavy atom. The van der Waals surface area contributed by atoms with E-state index < -0.39 is 0 Å². The maximum absolute atomic E-state index is 10.1. The minimum atomic E-state index is 0.0968. The van der Waals surface area contributed by atoms with E-state index in [0.717, 1.165) is 30.0 Å². The van der Waals surface area contributed by atoms with Crippen LogP contribution in [0.4, 0.5) is 0 Å². The summed E-state index contributed by atoms with van der Waals surface area (Å²) in [5, 5.41) is 10.9. The van der Waals surface area contributed by atoms with E-state index in [1.807, 2.05) is 18.2 Å². The lowest BCUT2D eigenvalue weighted by molar-refractivity contribution is 0.218. The Labute approximate surface area is 133 Å². The molecule has 0 atom stereocenters. The normalized spacial score (nSPS) is 15.1. The van der Waals surface area contributed by atoms with Gasteiger partial charge in [0.1, 0.15) is 18.1 Å². The van der Waals surface area contributed by atoms with Gasteiger partial charge >= 0.3 is 0 Å². The zero-order valence-corrected chi connectivity index (χ0v) is 12.9. The van der Waals surface area contributed by atoms with Gasteiger partial charge in [0.2, 0.25) is 0 Å². The van der Waals surface area contributed by atoms with Crippen molar-refractivity contribution in [1.29, 1.82) is 0 Å². The fourth-order valence-corrected chi connectivity index (χ4v) is 3.03. The number of ether oxygens (including phenoxy) is 1. The topological polar surface area (TPSA) is 32.7 Å². The number of para-hydroxylation sites is 1. The van der Waals surface area contributed by atoms with Gasteiger partial charge in [-0.1, -0.05) is 41.4 Å². The fourth-order valence-electron chi connectivity index (χ4n) is 2.50. The Bertz CT molecular complexity index is 661. The van der Waals surface area contributed by atoms with Crippen LogP contribution in [0.2, 0.25) is 10.0 Å². The lowest BCUT2D eigenvalue weighted by atomic mass is 10.1.